The van der Waals surface area contributed by atoms with Crippen molar-refractivity contribution < 1.29 is 40.6 Å². The van der Waals surface area contributed by atoms with Gasteiger partial charge < -0.3 is 14.8 Å². The second-order valence-corrected chi connectivity index (χ2v) is 7.46. The summed E-state index contributed by atoms with van der Waals surface area (Å²) in [5, 5.41) is 6.79. The first-order chi connectivity index (χ1) is 17.5. The number of benzene rings is 2. The van der Waals surface area contributed by atoms with Gasteiger partial charge in [-0.1, -0.05) is 0 Å². The minimum Gasteiger partial charge on any atom is -0.395 e. The molecular formula is C24H16F6N4O3. The van der Waals surface area contributed by atoms with E-state index in [2.05, 4.69) is 24.9 Å². The van der Waals surface area contributed by atoms with E-state index in [1.54, 1.807) is 25.2 Å². The fourth-order valence-electron chi connectivity index (χ4n) is 3.35. The first-order valence-corrected chi connectivity index (χ1v) is 10.4. The van der Waals surface area contributed by atoms with Gasteiger partial charge in [-0.05, 0) is 42.5 Å². The van der Waals surface area contributed by atoms with Gasteiger partial charge in [0.05, 0.1) is 16.9 Å². The summed E-state index contributed by atoms with van der Waals surface area (Å²) in [6.45, 7) is 0. The largest absolute Gasteiger partial charge is 0.586 e. The highest BCUT2D eigenvalue weighted by Gasteiger charge is 2.43. The lowest BCUT2D eigenvalue weighted by molar-refractivity contribution is -0.286. The van der Waals surface area contributed by atoms with Crippen LogP contribution in [0.1, 0.15) is 16.1 Å². The molecule has 4 aromatic rings. The maximum atomic E-state index is 13.8. The number of carbonyl (C=O) groups excluding carboxylic acids is 1. The van der Waals surface area contributed by atoms with E-state index < -0.39 is 23.9 Å². The highest BCUT2D eigenvalue weighted by atomic mass is 19.4. The first kappa shape index (κ1) is 25.5. The van der Waals surface area contributed by atoms with Gasteiger partial charge in [-0.2, -0.15) is 18.3 Å². The predicted octanol–water partition coefficient (Wildman–Crippen LogP) is 5.95. The summed E-state index contributed by atoms with van der Waals surface area (Å²) in [7, 11) is 1.69. The monoisotopic (exact) mass is 522 g/mol. The van der Waals surface area contributed by atoms with Crippen LogP contribution in [0, 0.1) is 5.82 Å². The number of alkyl halides is 5. The molecule has 1 N–H and O–H groups in total. The molecule has 0 saturated carbocycles. The van der Waals surface area contributed by atoms with Crippen LogP contribution in [-0.4, -0.2) is 34.4 Å². The molecule has 1 aliphatic heterocycles. The number of carbonyl (C=O) groups is 1. The Morgan fingerprint density at radius 3 is 2.30 bits per heavy atom. The Balaban J connectivity index is 0.000000207. The van der Waals surface area contributed by atoms with Crippen LogP contribution < -0.4 is 14.8 Å². The van der Waals surface area contributed by atoms with Crippen molar-refractivity contribution in [1.29, 1.82) is 0 Å². The summed E-state index contributed by atoms with van der Waals surface area (Å²) in [6.07, 6.45) is -4.79. The Kier molecular flexibility index (Phi) is 6.79. The first-order valence-electron chi connectivity index (χ1n) is 10.4. The Labute approximate surface area is 205 Å². The van der Waals surface area contributed by atoms with Crippen molar-refractivity contribution in [3.05, 3.63) is 84.1 Å². The van der Waals surface area contributed by atoms with Crippen molar-refractivity contribution >= 4 is 12.0 Å². The maximum Gasteiger partial charge on any atom is 0.586 e. The number of aldehydes is 1. The molecule has 2 aromatic heterocycles. The third-order valence-corrected chi connectivity index (χ3v) is 5.02. The van der Waals surface area contributed by atoms with E-state index in [4.69, 9.17) is 0 Å². The summed E-state index contributed by atoms with van der Waals surface area (Å²) in [5.74, 6) is -1.30. The van der Waals surface area contributed by atoms with Crippen LogP contribution in [-0.2, 0) is 6.18 Å². The van der Waals surface area contributed by atoms with Crippen molar-refractivity contribution in [2.24, 2.45) is 0 Å². The quantitative estimate of drug-likeness (QED) is 0.264. The second kappa shape index (κ2) is 9.84. The standard InChI is InChI=1S/C16H9F4N3O.C8H7F2NO2/c17-14-8-12(1-2-13(14)16(18,19)20)23-15(7-11(9-24)22-23)10-3-5-21-6-4-10;1-11-5-2-3-6-7(4-5)13-8(9,10)12-6/h1-9H;2-4,11H,1H3. The number of nitrogens with zero attached hydrogens (tertiary/aromatic N) is 3. The van der Waals surface area contributed by atoms with E-state index in [1.807, 2.05) is 0 Å². The van der Waals surface area contributed by atoms with Crippen molar-refractivity contribution in [2.45, 2.75) is 12.5 Å². The molecule has 0 spiro atoms. The summed E-state index contributed by atoms with van der Waals surface area (Å²) in [6, 6.07) is 11.7. The maximum absolute atomic E-state index is 13.8. The van der Waals surface area contributed by atoms with Crippen LogP contribution in [0.15, 0.2) is 67.0 Å². The number of rotatable bonds is 4. The molecule has 1 aliphatic rings. The van der Waals surface area contributed by atoms with Gasteiger partial charge in [0.15, 0.2) is 17.8 Å². The van der Waals surface area contributed by atoms with Crippen LogP contribution in [0.3, 0.4) is 0 Å². The Bertz CT molecular complexity index is 1420. The fourth-order valence-corrected chi connectivity index (χ4v) is 3.35. The fraction of sp³-hybridized carbons (Fsp3) is 0.125. The predicted molar refractivity (Wildman–Crippen MR) is 119 cm³/mol. The third kappa shape index (κ3) is 5.66. The van der Waals surface area contributed by atoms with Gasteiger partial charge in [0.25, 0.3) is 0 Å². The molecule has 2 aromatic carbocycles. The average Bonchev–Trinajstić information content (AvgIpc) is 3.43. The molecular weight excluding hydrogens is 506 g/mol. The van der Waals surface area contributed by atoms with Crippen molar-refractivity contribution in [3.8, 4) is 28.4 Å². The van der Waals surface area contributed by atoms with Crippen molar-refractivity contribution in [3.63, 3.8) is 0 Å². The van der Waals surface area contributed by atoms with Crippen molar-refractivity contribution in [2.75, 3.05) is 12.4 Å². The smallest absolute Gasteiger partial charge is 0.395 e. The molecule has 13 heteroatoms. The number of fused-ring (bicyclic) bond motifs is 1. The zero-order chi connectivity index (χ0) is 26.8. The minimum absolute atomic E-state index is 0.0526. The molecule has 0 saturated heterocycles. The molecule has 0 fully saturated rings. The van der Waals surface area contributed by atoms with Gasteiger partial charge in [0, 0.05) is 42.8 Å². The molecule has 0 atom stereocenters. The van der Waals surface area contributed by atoms with Crippen LogP contribution >= 0.6 is 0 Å². The Morgan fingerprint density at radius 2 is 1.68 bits per heavy atom. The number of hydrogen-bond acceptors (Lipinski definition) is 6. The van der Waals surface area contributed by atoms with E-state index in [0.29, 0.717) is 29.3 Å². The second-order valence-electron chi connectivity index (χ2n) is 7.46. The summed E-state index contributed by atoms with van der Waals surface area (Å²) in [5.41, 5.74) is 0.534. The van der Waals surface area contributed by atoms with Crippen LogP contribution in [0.2, 0.25) is 0 Å². The molecule has 0 unspecified atom stereocenters. The molecule has 0 aliphatic carbocycles. The summed E-state index contributed by atoms with van der Waals surface area (Å²) >= 11 is 0. The average molecular weight is 522 g/mol. The molecule has 192 valence electrons. The summed E-state index contributed by atoms with van der Waals surface area (Å²) in [4.78, 5) is 14.8. The SMILES string of the molecule is CNc1ccc2c(c1)OC(F)(F)O2.O=Cc1cc(-c2ccncc2)n(-c2ccc(C(F)(F)F)c(F)c2)n1. The van der Waals surface area contributed by atoms with Gasteiger partial charge in [-0.25, -0.2) is 9.07 Å². The molecule has 0 radical (unpaired) electrons. The summed E-state index contributed by atoms with van der Waals surface area (Å²) < 4.78 is 86.5. The van der Waals surface area contributed by atoms with Gasteiger partial charge in [0.2, 0.25) is 0 Å². The molecule has 0 amide bonds. The van der Waals surface area contributed by atoms with Gasteiger partial charge in [-0.15, -0.1) is 8.78 Å². The minimum atomic E-state index is -4.78. The van der Waals surface area contributed by atoms with Gasteiger partial charge in [0.1, 0.15) is 11.5 Å². The Morgan fingerprint density at radius 1 is 0.973 bits per heavy atom. The van der Waals surface area contributed by atoms with Crippen molar-refractivity contribution in [1.82, 2.24) is 14.8 Å². The van der Waals surface area contributed by atoms with Crippen LogP contribution in [0.25, 0.3) is 16.9 Å². The zero-order valence-corrected chi connectivity index (χ0v) is 18.8. The molecule has 0 bridgehead atoms. The molecule has 37 heavy (non-hydrogen) atoms. The molecule has 7 nitrogen and oxygen atoms in total. The van der Waals surface area contributed by atoms with Crippen LogP contribution in [0.5, 0.6) is 11.5 Å². The number of hydrogen-bond donors (Lipinski definition) is 1. The van der Waals surface area contributed by atoms with Gasteiger partial charge in [-0.3, -0.25) is 9.78 Å². The number of halogens is 6. The number of anilines is 1. The van der Waals surface area contributed by atoms with E-state index in [1.165, 1.54) is 35.3 Å². The molecule has 3 heterocycles. The van der Waals surface area contributed by atoms with E-state index in [9.17, 15) is 31.1 Å². The lowest BCUT2D eigenvalue weighted by Crippen LogP contribution is -2.25. The highest BCUT2D eigenvalue weighted by molar-refractivity contribution is 5.76. The van der Waals surface area contributed by atoms with Crippen LogP contribution in [0.4, 0.5) is 32.0 Å². The van der Waals surface area contributed by atoms with E-state index >= 15 is 0 Å². The number of pyridine rings is 1. The number of nitrogens with one attached hydrogen (secondary N) is 1. The number of aromatic nitrogens is 3. The number of ether oxygens (including phenoxy) is 2. The van der Waals surface area contributed by atoms with E-state index in [-0.39, 0.29) is 22.9 Å². The lowest BCUT2D eigenvalue weighted by Gasteiger charge is -2.11. The zero-order valence-electron chi connectivity index (χ0n) is 18.8. The lowest BCUT2D eigenvalue weighted by atomic mass is 10.1. The normalized spacial score (nSPS) is 13.5. The third-order valence-electron chi connectivity index (χ3n) is 5.02. The molecule has 5 rings (SSSR count). The Hall–Kier alpha value is -4.55. The van der Waals surface area contributed by atoms with E-state index in [0.717, 1.165) is 12.1 Å². The highest BCUT2D eigenvalue weighted by Crippen LogP contribution is 2.42. The topological polar surface area (TPSA) is 78.3 Å². The van der Waals surface area contributed by atoms with Gasteiger partial charge >= 0.3 is 12.5 Å².